The molecule has 7 nitrogen and oxygen atoms in total. The highest BCUT2D eigenvalue weighted by atomic mass is 16.5. The number of carbonyl (C=O) groups is 2. The van der Waals surface area contributed by atoms with Gasteiger partial charge in [-0.15, -0.1) is 0 Å². The second-order valence-electron chi connectivity index (χ2n) is 4.00. The van der Waals surface area contributed by atoms with Crippen molar-refractivity contribution in [3.05, 3.63) is 23.3 Å². The average Bonchev–Trinajstić information content (AvgIpc) is 2.43. The van der Waals surface area contributed by atoms with E-state index in [1.807, 2.05) is 0 Å². The molecule has 0 aromatic heterocycles. The van der Waals surface area contributed by atoms with E-state index in [-0.39, 0.29) is 17.7 Å². The molecule has 20 heavy (non-hydrogen) atoms. The van der Waals surface area contributed by atoms with Crippen molar-refractivity contribution >= 4 is 11.9 Å². The lowest BCUT2D eigenvalue weighted by Crippen LogP contribution is -2.17. The van der Waals surface area contributed by atoms with Crippen molar-refractivity contribution in [2.75, 3.05) is 21.3 Å². The van der Waals surface area contributed by atoms with Crippen LogP contribution in [0.1, 0.15) is 28.4 Å². The van der Waals surface area contributed by atoms with Crippen LogP contribution < -0.4 is 15.2 Å². The number of hydrogen-bond donors (Lipinski definition) is 2. The minimum Gasteiger partial charge on any atom is -0.493 e. The fourth-order valence-electron chi connectivity index (χ4n) is 1.80. The summed E-state index contributed by atoms with van der Waals surface area (Å²) in [5.74, 6) is -1.04. The summed E-state index contributed by atoms with van der Waals surface area (Å²) in [7, 11) is 4.06. The molecule has 0 amide bonds. The maximum atomic E-state index is 11.6. The van der Waals surface area contributed by atoms with Crippen LogP contribution in [-0.4, -0.2) is 38.4 Å². The number of ether oxygens (including phenoxy) is 3. The number of rotatable bonds is 6. The molecule has 0 aliphatic carbocycles. The van der Waals surface area contributed by atoms with Gasteiger partial charge in [-0.25, -0.2) is 4.79 Å². The van der Waals surface area contributed by atoms with E-state index >= 15 is 0 Å². The molecule has 1 aromatic rings. The molecule has 0 fully saturated rings. The van der Waals surface area contributed by atoms with Gasteiger partial charge in [0.1, 0.15) is 0 Å². The number of carboxylic acids is 1. The number of esters is 1. The fourth-order valence-corrected chi connectivity index (χ4v) is 1.80. The summed E-state index contributed by atoms with van der Waals surface area (Å²) in [6.07, 6.45) is -0.301. The summed E-state index contributed by atoms with van der Waals surface area (Å²) >= 11 is 0. The van der Waals surface area contributed by atoms with Crippen molar-refractivity contribution in [1.29, 1.82) is 0 Å². The van der Waals surface area contributed by atoms with Crippen LogP contribution in [0.15, 0.2) is 12.1 Å². The van der Waals surface area contributed by atoms with Crippen LogP contribution in [0.25, 0.3) is 0 Å². The molecule has 0 bridgehead atoms. The minimum absolute atomic E-state index is 0.209. The third-order valence-corrected chi connectivity index (χ3v) is 2.72. The second-order valence-corrected chi connectivity index (χ2v) is 4.00. The topological polar surface area (TPSA) is 108 Å². The fraction of sp³-hybridized carbons (Fsp3) is 0.385. The van der Waals surface area contributed by atoms with Crippen LogP contribution in [0.5, 0.6) is 11.5 Å². The first-order valence-electron chi connectivity index (χ1n) is 5.76. The van der Waals surface area contributed by atoms with Crippen molar-refractivity contribution in [2.24, 2.45) is 5.73 Å². The van der Waals surface area contributed by atoms with Gasteiger partial charge in [0, 0.05) is 11.6 Å². The van der Waals surface area contributed by atoms with Crippen molar-refractivity contribution in [2.45, 2.75) is 12.5 Å². The van der Waals surface area contributed by atoms with Crippen LogP contribution in [0.2, 0.25) is 0 Å². The number of benzene rings is 1. The van der Waals surface area contributed by atoms with E-state index in [1.165, 1.54) is 33.5 Å². The first-order chi connectivity index (χ1) is 9.44. The summed E-state index contributed by atoms with van der Waals surface area (Å²) in [4.78, 5) is 22.4. The predicted octanol–water partition coefficient (Wildman–Crippen LogP) is 0.965. The van der Waals surface area contributed by atoms with Gasteiger partial charge in [0.15, 0.2) is 11.5 Å². The summed E-state index contributed by atoms with van der Waals surface area (Å²) in [5.41, 5.74) is 6.42. The Morgan fingerprint density at radius 1 is 1.25 bits per heavy atom. The second kappa shape index (κ2) is 6.76. The number of carbonyl (C=O) groups excluding carboxylic acids is 1. The zero-order valence-electron chi connectivity index (χ0n) is 11.5. The molecule has 3 N–H and O–H groups in total. The number of methoxy groups -OCH3 is 3. The van der Waals surface area contributed by atoms with Crippen LogP contribution >= 0.6 is 0 Å². The van der Waals surface area contributed by atoms with E-state index in [1.54, 1.807) is 0 Å². The monoisotopic (exact) mass is 283 g/mol. The molecule has 110 valence electrons. The van der Waals surface area contributed by atoms with E-state index in [0.717, 1.165) is 0 Å². The van der Waals surface area contributed by atoms with Gasteiger partial charge < -0.3 is 25.1 Å². The SMILES string of the molecule is COC(=O)c1cc(OC)c(OC)c(C(N)CC(=O)O)c1. The van der Waals surface area contributed by atoms with Crippen LogP contribution in [0.3, 0.4) is 0 Å². The molecule has 0 radical (unpaired) electrons. The predicted molar refractivity (Wildman–Crippen MR) is 70.1 cm³/mol. The molecule has 0 aliphatic rings. The Bertz CT molecular complexity index is 514. The molecule has 0 spiro atoms. The Morgan fingerprint density at radius 2 is 1.90 bits per heavy atom. The maximum absolute atomic E-state index is 11.6. The summed E-state index contributed by atoms with van der Waals surface area (Å²) < 4.78 is 15.0. The standard InChI is InChI=1S/C13H17NO6/c1-18-10-5-7(13(17)20-3)4-8(12(10)19-2)9(14)6-11(15)16/h4-5,9H,6,14H2,1-3H3,(H,15,16). The molecule has 1 rings (SSSR count). The van der Waals surface area contributed by atoms with Gasteiger partial charge in [-0.3, -0.25) is 4.79 Å². The Morgan fingerprint density at radius 3 is 2.35 bits per heavy atom. The lowest BCUT2D eigenvalue weighted by atomic mass is 10.00. The van der Waals surface area contributed by atoms with Gasteiger partial charge in [-0.05, 0) is 12.1 Å². The first kappa shape index (κ1) is 15.8. The molecule has 7 heteroatoms. The number of carboxylic acid groups (broad SMARTS) is 1. The number of nitrogens with two attached hydrogens (primary N) is 1. The minimum atomic E-state index is -1.05. The van der Waals surface area contributed by atoms with Crippen molar-refractivity contribution in [1.82, 2.24) is 0 Å². The van der Waals surface area contributed by atoms with Gasteiger partial charge in [-0.1, -0.05) is 0 Å². The van der Waals surface area contributed by atoms with E-state index in [4.69, 9.17) is 20.3 Å². The van der Waals surface area contributed by atoms with E-state index < -0.39 is 18.0 Å². The van der Waals surface area contributed by atoms with Crippen LogP contribution in [0, 0.1) is 0 Å². The smallest absolute Gasteiger partial charge is 0.337 e. The molecule has 1 atom stereocenters. The van der Waals surface area contributed by atoms with Crippen molar-refractivity contribution in [3.8, 4) is 11.5 Å². The van der Waals surface area contributed by atoms with E-state index in [2.05, 4.69) is 4.74 Å². The molecule has 0 heterocycles. The Hall–Kier alpha value is -2.28. The lowest BCUT2D eigenvalue weighted by Gasteiger charge is -2.18. The van der Waals surface area contributed by atoms with Gasteiger partial charge in [-0.2, -0.15) is 0 Å². The zero-order valence-corrected chi connectivity index (χ0v) is 11.5. The van der Waals surface area contributed by atoms with E-state index in [0.29, 0.717) is 11.3 Å². The normalized spacial score (nSPS) is 11.6. The molecule has 0 saturated heterocycles. The summed E-state index contributed by atoms with van der Waals surface area (Å²) in [6, 6.07) is 2.06. The van der Waals surface area contributed by atoms with E-state index in [9.17, 15) is 9.59 Å². The van der Waals surface area contributed by atoms with Crippen LogP contribution in [0.4, 0.5) is 0 Å². The highest BCUT2D eigenvalue weighted by molar-refractivity contribution is 5.90. The highest BCUT2D eigenvalue weighted by Gasteiger charge is 2.22. The third-order valence-electron chi connectivity index (χ3n) is 2.72. The highest BCUT2D eigenvalue weighted by Crippen LogP contribution is 2.36. The molecular formula is C13H17NO6. The molecular weight excluding hydrogens is 266 g/mol. The van der Waals surface area contributed by atoms with Crippen molar-refractivity contribution < 1.29 is 28.9 Å². The lowest BCUT2D eigenvalue weighted by molar-refractivity contribution is -0.137. The zero-order chi connectivity index (χ0) is 15.3. The number of aliphatic carboxylic acids is 1. The summed E-state index contributed by atoms with van der Waals surface area (Å²) in [6.45, 7) is 0. The van der Waals surface area contributed by atoms with Gasteiger partial charge in [0.25, 0.3) is 0 Å². The van der Waals surface area contributed by atoms with Crippen molar-refractivity contribution in [3.63, 3.8) is 0 Å². The molecule has 0 saturated carbocycles. The quantitative estimate of drug-likeness (QED) is 0.748. The molecule has 1 unspecified atom stereocenters. The van der Waals surface area contributed by atoms with Gasteiger partial charge in [0.05, 0.1) is 33.3 Å². The largest absolute Gasteiger partial charge is 0.493 e. The van der Waals surface area contributed by atoms with Crippen LogP contribution in [-0.2, 0) is 9.53 Å². The number of hydrogen-bond acceptors (Lipinski definition) is 6. The van der Waals surface area contributed by atoms with Gasteiger partial charge in [0.2, 0.25) is 0 Å². The Balaban J connectivity index is 3.37. The Kier molecular flexibility index (Phi) is 5.33. The summed E-state index contributed by atoms with van der Waals surface area (Å²) in [5, 5.41) is 8.82. The van der Waals surface area contributed by atoms with Gasteiger partial charge >= 0.3 is 11.9 Å². The first-order valence-corrected chi connectivity index (χ1v) is 5.76. The third kappa shape index (κ3) is 3.39. The Labute approximate surface area is 116 Å². The maximum Gasteiger partial charge on any atom is 0.337 e. The molecule has 0 aliphatic heterocycles. The average molecular weight is 283 g/mol. The molecule has 1 aromatic carbocycles.